The van der Waals surface area contributed by atoms with Crippen LogP contribution in [0.5, 0.6) is 0 Å². The molecule has 0 radical (unpaired) electrons. The molecule has 0 saturated heterocycles. The summed E-state index contributed by atoms with van der Waals surface area (Å²) in [6.07, 6.45) is 0. The summed E-state index contributed by atoms with van der Waals surface area (Å²) in [7, 11) is 0. The van der Waals surface area contributed by atoms with E-state index in [-0.39, 0.29) is 23.4 Å². The van der Waals surface area contributed by atoms with E-state index in [1.165, 1.54) is 0 Å². The van der Waals surface area contributed by atoms with Gasteiger partial charge in [0.05, 0.1) is 0 Å². The fraction of sp³-hybridized carbons (Fsp3) is 0.500. The van der Waals surface area contributed by atoms with Crippen molar-refractivity contribution in [3.8, 4) is 0 Å². The Balaban J connectivity index is 2.68. The highest BCUT2D eigenvalue weighted by Gasteiger charge is 2.43. The Hall–Kier alpha value is -1.18. The Morgan fingerprint density at radius 1 is 0.786 bits per heavy atom. The molecule has 0 aliphatic heterocycles. The van der Waals surface area contributed by atoms with Crippen molar-refractivity contribution in [1.29, 1.82) is 0 Å². The molecule has 2 aliphatic carbocycles. The van der Waals surface area contributed by atoms with Crippen LogP contribution < -0.4 is 0 Å². The smallest absolute Gasteiger partial charge is 0.166 e. The maximum absolute atomic E-state index is 11.7. The summed E-state index contributed by atoms with van der Waals surface area (Å²) in [5.41, 5.74) is 3.60. The summed E-state index contributed by atoms with van der Waals surface area (Å²) in [5.74, 6) is 0.181. The summed E-state index contributed by atoms with van der Waals surface area (Å²) in [6, 6.07) is 0. The van der Waals surface area contributed by atoms with Crippen molar-refractivity contribution in [2.24, 2.45) is 11.8 Å². The third-order valence-corrected chi connectivity index (χ3v) is 3.49. The predicted molar refractivity (Wildman–Crippen MR) is 53.7 cm³/mol. The molecule has 2 rings (SSSR count). The molecule has 0 N–H and O–H groups in total. The maximum Gasteiger partial charge on any atom is 0.166 e. The number of ketones is 2. The monoisotopic (exact) mass is 190 g/mol. The highest BCUT2D eigenvalue weighted by Crippen LogP contribution is 2.45. The first-order valence-corrected chi connectivity index (χ1v) is 4.97. The lowest BCUT2D eigenvalue weighted by molar-refractivity contribution is -0.117. The van der Waals surface area contributed by atoms with Gasteiger partial charge in [0.2, 0.25) is 0 Å². The molecule has 2 nitrogen and oxygen atoms in total. The highest BCUT2D eigenvalue weighted by atomic mass is 16.1. The fourth-order valence-electron chi connectivity index (χ4n) is 2.70. The summed E-state index contributed by atoms with van der Waals surface area (Å²) < 4.78 is 0. The van der Waals surface area contributed by atoms with Gasteiger partial charge in [0.25, 0.3) is 0 Å². The molecular formula is C12H14O2. The molecule has 0 heterocycles. The number of carbonyl (C=O) groups excluding carboxylic acids is 2. The van der Waals surface area contributed by atoms with Gasteiger partial charge in [0.15, 0.2) is 11.6 Å². The van der Waals surface area contributed by atoms with Crippen LogP contribution in [0.25, 0.3) is 0 Å². The normalized spacial score (nSPS) is 32.0. The van der Waals surface area contributed by atoms with Gasteiger partial charge in [-0.3, -0.25) is 9.59 Å². The summed E-state index contributed by atoms with van der Waals surface area (Å²) in [6.45, 7) is 7.46. The number of allylic oxidation sites excluding steroid dienone is 4. The van der Waals surface area contributed by atoms with Crippen molar-refractivity contribution in [3.63, 3.8) is 0 Å². The largest absolute Gasteiger partial charge is 0.294 e. The zero-order chi connectivity index (χ0) is 10.6. The molecule has 0 fully saturated rings. The first-order chi connectivity index (χ1) is 6.46. The fourth-order valence-corrected chi connectivity index (χ4v) is 2.70. The maximum atomic E-state index is 11.7. The summed E-state index contributed by atoms with van der Waals surface area (Å²) >= 11 is 0. The lowest BCUT2D eigenvalue weighted by Crippen LogP contribution is -2.10. The molecule has 2 aliphatic rings. The van der Waals surface area contributed by atoms with Crippen molar-refractivity contribution < 1.29 is 9.59 Å². The number of hydrogen-bond donors (Lipinski definition) is 0. The van der Waals surface area contributed by atoms with Gasteiger partial charge in [0.1, 0.15) is 0 Å². The zero-order valence-electron chi connectivity index (χ0n) is 8.97. The van der Waals surface area contributed by atoms with Gasteiger partial charge in [-0.1, -0.05) is 13.8 Å². The van der Waals surface area contributed by atoms with Gasteiger partial charge in [-0.2, -0.15) is 0 Å². The van der Waals surface area contributed by atoms with Crippen molar-refractivity contribution in [2.75, 3.05) is 0 Å². The number of carbonyl (C=O) groups is 2. The molecule has 14 heavy (non-hydrogen) atoms. The lowest BCUT2D eigenvalue weighted by atomic mass is 9.98. The van der Waals surface area contributed by atoms with Crippen LogP contribution in [0.2, 0.25) is 0 Å². The molecule has 0 unspecified atom stereocenters. The molecule has 0 spiro atoms. The van der Waals surface area contributed by atoms with Crippen molar-refractivity contribution >= 4 is 11.6 Å². The van der Waals surface area contributed by atoms with Gasteiger partial charge in [-0.15, -0.1) is 0 Å². The molecule has 2 heteroatoms. The van der Waals surface area contributed by atoms with Gasteiger partial charge in [-0.25, -0.2) is 0 Å². The van der Waals surface area contributed by atoms with E-state index in [0.29, 0.717) is 0 Å². The van der Waals surface area contributed by atoms with Crippen molar-refractivity contribution in [3.05, 3.63) is 22.3 Å². The van der Waals surface area contributed by atoms with E-state index in [2.05, 4.69) is 0 Å². The second-order valence-corrected chi connectivity index (χ2v) is 4.25. The Morgan fingerprint density at radius 3 is 1.36 bits per heavy atom. The highest BCUT2D eigenvalue weighted by molar-refractivity contribution is 6.13. The van der Waals surface area contributed by atoms with E-state index in [4.69, 9.17) is 0 Å². The summed E-state index contributed by atoms with van der Waals surface area (Å²) in [5, 5.41) is 0. The van der Waals surface area contributed by atoms with E-state index < -0.39 is 0 Å². The molecule has 0 aromatic carbocycles. The van der Waals surface area contributed by atoms with Crippen LogP contribution in [0.15, 0.2) is 22.3 Å². The van der Waals surface area contributed by atoms with Crippen LogP contribution in [-0.2, 0) is 9.59 Å². The van der Waals surface area contributed by atoms with Crippen LogP contribution in [-0.4, -0.2) is 11.6 Å². The molecule has 74 valence electrons. The van der Waals surface area contributed by atoms with Gasteiger partial charge < -0.3 is 0 Å². The Kier molecular flexibility index (Phi) is 1.78. The van der Waals surface area contributed by atoms with E-state index in [1.807, 2.05) is 27.7 Å². The van der Waals surface area contributed by atoms with Gasteiger partial charge in [0, 0.05) is 11.8 Å². The standard InChI is InChI=1S/C12H14O2/c1-5-9-6(2)12(14)8(4)10(9)7(3)11(5)13/h5,8H,1-4H3/t5-,8+. The topological polar surface area (TPSA) is 34.1 Å². The first-order valence-electron chi connectivity index (χ1n) is 4.97. The van der Waals surface area contributed by atoms with Crippen molar-refractivity contribution in [2.45, 2.75) is 27.7 Å². The SMILES string of the molecule is CC1=C2C(=C(C)C(=O)[C@H]2C)[C@@H](C)C1=O. The van der Waals surface area contributed by atoms with E-state index >= 15 is 0 Å². The average Bonchev–Trinajstić information content (AvgIpc) is 2.51. The van der Waals surface area contributed by atoms with Crippen LogP contribution in [0.3, 0.4) is 0 Å². The van der Waals surface area contributed by atoms with E-state index in [0.717, 1.165) is 22.3 Å². The third kappa shape index (κ3) is 0.861. The first kappa shape index (κ1) is 9.38. The van der Waals surface area contributed by atoms with Crippen LogP contribution in [0.4, 0.5) is 0 Å². The minimum Gasteiger partial charge on any atom is -0.294 e. The molecular weight excluding hydrogens is 176 g/mol. The van der Waals surface area contributed by atoms with Crippen LogP contribution >= 0.6 is 0 Å². The zero-order valence-corrected chi connectivity index (χ0v) is 8.97. The van der Waals surface area contributed by atoms with Gasteiger partial charge >= 0.3 is 0 Å². The molecule has 0 aromatic heterocycles. The molecule has 0 amide bonds. The Morgan fingerprint density at radius 2 is 1.07 bits per heavy atom. The lowest BCUT2D eigenvalue weighted by Gasteiger charge is -2.03. The molecule has 2 atom stereocenters. The number of fused-ring (bicyclic) bond motifs is 1. The van der Waals surface area contributed by atoms with Crippen LogP contribution in [0, 0.1) is 11.8 Å². The second-order valence-electron chi connectivity index (χ2n) is 4.25. The van der Waals surface area contributed by atoms with Crippen LogP contribution in [0.1, 0.15) is 27.7 Å². The molecule has 0 saturated carbocycles. The van der Waals surface area contributed by atoms with E-state index in [1.54, 1.807) is 0 Å². The number of rotatable bonds is 0. The van der Waals surface area contributed by atoms with Gasteiger partial charge in [-0.05, 0) is 36.1 Å². The second kappa shape index (κ2) is 2.66. The summed E-state index contributed by atoms with van der Waals surface area (Å²) in [4.78, 5) is 23.4. The Bertz CT molecular complexity index is 370. The third-order valence-electron chi connectivity index (χ3n) is 3.49. The van der Waals surface area contributed by atoms with E-state index in [9.17, 15) is 9.59 Å². The average molecular weight is 190 g/mol. The quantitative estimate of drug-likeness (QED) is 0.586. The number of hydrogen-bond acceptors (Lipinski definition) is 2. The molecule has 0 bridgehead atoms. The minimum absolute atomic E-state index is 0.0982. The molecule has 0 aromatic rings. The minimum atomic E-state index is -0.0982. The van der Waals surface area contributed by atoms with Crippen molar-refractivity contribution in [1.82, 2.24) is 0 Å². The Labute approximate surface area is 83.7 Å². The predicted octanol–water partition coefficient (Wildman–Crippen LogP) is 2.06. The number of Topliss-reactive ketones (excluding diaryl/α,β-unsaturated/α-hetero) is 2.